The lowest BCUT2D eigenvalue weighted by Crippen LogP contribution is -2.12. The summed E-state index contributed by atoms with van der Waals surface area (Å²) in [6.45, 7) is 5.11. The molecule has 0 bridgehead atoms. The van der Waals surface area contributed by atoms with E-state index in [1.54, 1.807) is 51.1 Å². The zero-order valence-electron chi connectivity index (χ0n) is 22.8. The quantitative estimate of drug-likeness (QED) is 0.123. The van der Waals surface area contributed by atoms with Crippen LogP contribution in [0.1, 0.15) is 55.4 Å². The minimum atomic E-state index is -0.665. The molecule has 0 saturated carbocycles. The van der Waals surface area contributed by atoms with Crippen LogP contribution in [0, 0.1) is 24.1 Å². The fourth-order valence-corrected chi connectivity index (χ4v) is 5.63. The summed E-state index contributed by atoms with van der Waals surface area (Å²) < 4.78 is 35.9. The topological polar surface area (TPSA) is 112 Å². The summed E-state index contributed by atoms with van der Waals surface area (Å²) >= 11 is 4.38. The van der Waals surface area contributed by atoms with E-state index in [4.69, 9.17) is 18.9 Å². The number of esters is 2. The number of carbonyl (C=O) groups is 3. The molecule has 0 aliphatic carbocycles. The third-order valence-electron chi connectivity index (χ3n) is 5.79. The molecule has 0 aliphatic rings. The van der Waals surface area contributed by atoms with Gasteiger partial charge in [-0.3, -0.25) is 4.79 Å². The normalized spacial score (nSPS) is 11.0. The van der Waals surface area contributed by atoms with Crippen LogP contribution in [0.3, 0.4) is 0 Å². The summed E-state index contributed by atoms with van der Waals surface area (Å²) in [5, 5.41) is 9.80. The fraction of sp³-hybridized carbons (Fsp3) is 0.267. The Hall–Kier alpha value is -4.01. The molecule has 2 aromatic carbocycles. The van der Waals surface area contributed by atoms with Crippen LogP contribution in [0.2, 0.25) is 0 Å². The number of thiophene rings is 1. The van der Waals surface area contributed by atoms with Crippen molar-refractivity contribution in [3.05, 3.63) is 84.3 Å². The second-order valence-electron chi connectivity index (χ2n) is 8.48. The summed E-state index contributed by atoms with van der Waals surface area (Å²) in [7, 11) is 1.43. The van der Waals surface area contributed by atoms with Crippen molar-refractivity contribution in [1.82, 2.24) is 0 Å². The number of rotatable bonds is 12. The van der Waals surface area contributed by atoms with Crippen LogP contribution in [0.25, 0.3) is 6.08 Å². The van der Waals surface area contributed by atoms with Gasteiger partial charge in [-0.25, -0.2) is 14.0 Å². The average Bonchev–Trinajstić information content (AvgIpc) is 3.27. The summed E-state index contributed by atoms with van der Waals surface area (Å²) in [6, 6.07) is 11.3. The predicted molar refractivity (Wildman–Crippen MR) is 155 cm³/mol. The number of Topliss-reactive ketones (excluding diaryl/α,β-unsaturated/α-hetero) is 1. The third kappa shape index (κ3) is 7.60. The number of allylic oxidation sites excluding steroid dienone is 1. The molecule has 214 valence electrons. The number of benzene rings is 2. The van der Waals surface area contributed by atoms with Gasteiger partial charge in [0.2, 0.25) is 0 Å². The number of ketones is 1. The Morgan fingerprint density at radius 2 is 1.78 bits per heavy atom. The average molecular weight is 645 g/mol. The van der Waals surface area contributed by atoms with Gasteiger partial charge in [0.05, 0.1) is 35.9 Å². The standard InChI is InChI=1S/C30H27BrFNO7S/c1-5-38-29(35)26-17(3)28(30(36)39-6-2)41-25(26)14-23(34)20(15-33)11-18-12-21(31)27(24(13-18)37-4)40-16-19-9-7-8-10-22(19)32/h7-13H,5-6,14,16H2,1-4H3. The van der Waals surface area contributed by atoms with Gasteiger partial charge >= 0.3 is 11.9 Å². The summed E-state index contributed by atoms with van der Waals surface area (Å²) in [4.78, 5) is 38.8. The van der Waals surface area contributed by atoms with Crippen LogP contribution in [-0.4, -0.2) is 38.0 Å². The molecule has 8 nitrogen and oxygen atoms in total. The molecule has 0 atom stereocenters. The van der Waals surface area contributed by atoms with E-state index in [2.05, 4.69) is 15.9 Å². The van der Waals surface area contributed by atoms with Gasteiger partial charge in [0, 0.05) is 16.9 Å². The first-order valence-corrected chi connectivity index (χ1v) is 14.1. The van der Waals surface area contributed by atoms with Crippen molar-refractivity contribution in [3.63, 3.8) is 0 Å². The van der Waals surface area contributed by atoms with E-state index >= 15 is 0 Å². The molecule has 0 fully saturated rings. The van der Waals surface area contributed by atoms with Crippen molar-refractivity contribution in [3.8, 4) is 17.6 Å². The lowest BCUT2D eigenvalue weighted by molar-refractivity contribution is -0.114. The van der Waals surface area contributed by atoms with Crippen molar-refractivity contribution in [1.29, 1.82) is 5.26 Å². The van der Waals surface area contributed by atoms with Gasteiger partial charge < -0.3 is 18.9 Å². The van der Waals surface area contributed by atoms with E-state index < -0.39 is 23.5 Å². The molecule has 0 amide bonds. The zero-order valence-corrected chi connectivity index (χ0v) is 25.2. The molecule has 1 heterocycles. The van der Waals surface area contributed by atoms with Gasteiger partial charge in [0.25, 0.3) is 0 Å². The molecule has 0 aliphatic heterocycles. The number of hydrogen-bond acceptors (Lipinski definition) is 9. The Morgan fingerprint density at radius 3 is 2.41 bits per heavy atom. The molecule has 41 heavy (non-hydrogen) atoms. The van der Waals surface area contributed by atoms with Crippen molar-refractivity contribution < 1.29 is 37.7 Å². The molecule has 0 saturated heterocycles. The van der Waals surface area contributed by atoms with Crippen molar-refractivity contribution in [2.75, 3.05) is 20.3 Å². The van der Waals surface area contributed by atoms with Gasteiger partial charge in [-0.05, 0) is 72.1 Å². The second kappa shape index (κ2) is 14.6. The van der Waals surface area contributed by atoms with Crippen LogP contribution in [0.5, 0.6) is 11.5 Å². The molecule has 3 aromatic rings. The minimum absolute atomic E-state index is 0.0461. The lowest BCUT2D eigenvalue weighted by Gasteiger charge is -2.14. The summed E-state index contributed by atoms with van der Waals surface area (Å²) in [6.07, 6.45) is 1.08. The number of carbonyl (C=O) groups excluding carboxylic acids is 3. The highest BCUT2D eigenvalue weighted by Gasteiger charge is 2.28. The van der Waals surface area contributed by atoms with Crippen LogP contribution in [-0.2, 0) is 27.3 Å². The maximum atomic E-state index is 14.0. The fourth-order valence-electron chi connectivity index (χ4n) is 3.87. The van der Waals surface area contributed by atoms with E-state index in [9.17, 15) is 24.0 Å². The molecular formula is C30H27BrFNO7S. The van der Waals surface area contributed by atoms with Crippen molar-refractivity contribution in [2.24, 2.45) is 0 Å². The molecule has 0 radical (unpaired) electrons. The first-order valence-electron chi connectivity index (χ1n) is 12.5. The largest absolute Gasteiger partial charge is 0.493 e. The molecular weight excluding hydrogens is 617 g/mol. The maximum Gasteiger partial charge on any atom is 0.348 e. The number of nitrogens with zero attached hydrogens (tertiary/aromatic N) is 1. The highest BCUT2D eigenvalue weighted by molar-refractivity contribution is 9.10. The van der Waals surface area contributed by atoms with E-state index in [1.807, 2.05) is 6.07 Å². The highest BCUT2D eigenvalue weighted by Crippen LogP contribution is 2.38. The Balaban J connectivity index is 1.91. The number of nitriles is 1. The molecule has 1 aromatic heterocycles. The van der Waals surface area contributed by atoms with Crippen molar-refractivity contribution >= 4 is 51.1 Å². The van der Waals surface area contributed by atoms with E-state index in [1.165, 1.54) is 19.3 Å². The first kappa shape index (κ1) is 31.5. The van der Waals surface area contributed by atoms with Gasteiger partial charge in [-0.15, -0.1) is 11.3 Å². The number of methoxy groups -OCH3 is 1. The Morgan fingerprint density at radius 1 is 1.10 bits per heavy atom. The lowest BCUT2D eigenvalue weighted by atomic mass is 10.0. The van der Waals surface area contributed by atoms with Gasteiger partial charge in [0.15, 0.2) is 17.3 Å². The van der Waals surface area contributed by atoms with Gasteiger partial charge in [0.1, 0.15) is 23.4 Å². The molecule has 0 unspecified atom stereocenters. The zero-order chi connectivity index (χ0) is 30.1. The minimum Gasteiger partial charge on any atom is -0.493 e. The summed E-state index contributed by atoms with van der Waals surface area (Å²) in [5.74, 6) is -1.63. The van der Waals surface area contributed by atoms with Crippen LogP contribution < -0.4 is 9.47 Å². The van der Waals surface area contributed by atoms with Gasteiger partial charge in [-0.1, -0.05) is 18.2 Å². The highest BCUT2D eigenvalue weighted by atomic mass is 79.9. The number of ether oxygens (including phenoxy) is 4. The van der Waals surface area contributed by atoms with Crippen LogP contribution in [0.15, 0.2) is 46.4 Å². The monoisotopic (exact) mass is 643 g/mol. The molecule has 11 heteroatoms. The van der Waals surface area contributed by atoms with Crippen LogP contribution in [0.4, 0.5) is 4.39 Å². The van der Waals surface area contributed by atoms with E-state index in [-0.39, 0.29) is 42.3 Å². The first-order chi connectivity index (χ1) is 19.6. The second-order valence-corrected chi connectivity index (χ2v) is 10.4. The van der Waals surface area contributed by atoms with E-state index in [0.717, 1.165) is 11.3 Å². The van der Waals surface area contributed by atoms with Crippen molar-refractivity contribution in [2.45, 2.75) is 33.8 Å². The Kier molecular flexibility index (Phi) is 11.2. The Bertz CT molecular complexity index is 1540. The molecule has 3 rings (SSSR count). The molecule has 0 N–H and O–H groups in total. The third-order valence-corrected chi connectivity index (χ3v) is 7.66. The van der Waals surface area contributed by atoms with E-state index in [0.29, 0.717) is 37.5 Å². The van der Waals surface area contributed by atoms with Crippen LogP contribution >= 0.6 is 27.3 Å². The number of hydrogen-bond donors (Lipinski definition) is 0. The molecule has 0 spiro atoms. The predicted octanol–water partition coefficient (Wildman–Crippen LogP) is 6.62. The summed E-state index contributed by atoms with van der Waals surface area (Å²) in [5.41, 5.74) is 1.11. The Labute approximate surface area is 249 Å². The SMILES string of the molecule is CCOC(=O)c1sc(CC(=O)C(C#N)=Cc2cc(Br)c(OCc3ccccc3F)c(OC)c2)c(C(=O)OCC)c1C. The smallest absolute Gasteiger partial charge is 0.348 e. The number of halogens is 2. The maximum absolute atomic E-state index is 14.0. The van der Waals surface area contributed by atoms with Gasteiger partial charge in [-0.2, -0.15) is 5.26 Å².